The molecule has 0 spiro atoms. The van der Waals surface area contributed by atoms with Gasteiger partial charge < -0.3 is 10.2 Å². The molecule has 0 aliphatic heterocycles. The second-order valence-electron chi connectivity index (χ2n) is 0.632. The molecule has 7 heavy (non-hydrogen) atoms. The molecule has 0 heterocycles. The zero-order valence-electron chi connectivity index (χ0n) is 4.26. The van der Waals surface area contributed by atoms with E-state index in [1.807, 2.05) is 0 Å². The molecular formula is C4H9NO2. The largest absolute Gasteiger partial charge is 0.397 e. The van der Waals surface area contributed by atoms with E-state index < -0.39 is 0 Å². The van der Waals surface area contributed by atoms with Crippen LogP contribution in [0.4, 0.5) is 0 Å². The van der Waals surface area contributed by atoms with Gasteiger partial charge in [0.25, 0.3) is 0 Å². The molecule has 0 radical (unpaired) electrons. The first kappa shape index (κ1) is 9.65. The molecule has 3 heteroatoms. The minimum atomic E-state index is -0.375. The summed E-state index contributed by atoms with van der Waals surface area (Å²) < 4.78 is 0. The van der Waals surface area contributed by atoms with Crippen LogP contribution in [0.15, 0.2) is 0 Å². The van der Waals surface area contributed by atoms with Gasteiger partial charge in [-0.05, 0) is 6.92 Å². The molecule has 0 amide bonds. The highest BCUT2D eigenvalue weighted by Gasteiger charge is 1.49. The van der Waals surface area contributed by atoms with Gasteiger partial charge in [-0.15, -0.1) is 0 Å². The van der Waals surface area contributed by atoms with Crippen LogP contribution >= 0.6 is 0 Å². The fraction of sp³-hybridized carbons (Fsp3) is 0.750. The number of aliphatic hydroxyl groups is 2. The predicted molar refractivity (Wildman–Crippen MR) is 25.5 cm³/mol. The van der Waals surface area contributed by atoms with Crippen LogP contribution in [0.3, 0.4) is 0 Å². The molecule has 0 atom stereocenters. The van der Waals surface area contributed by atoms with Crippen molar-refractivity contribution in [2.45, 2.75) is 6.92 Å². The SMILES string of the molecule is CCO.N#CCO. The van der Waals surface area contributed by atoms with Crippen LogP contribution in [0.2, 0.25) is 0 Å². The smallest absolute Gasteiger partial charge is 0.130 e. The number of hydrogen-bond donors (Lipinski definition) is 2. The van der Waals surface area contributed by atoms with Crippen LogP contribution in [0, 0.1) is 11.3 Å². The number of nitriles is 1. The molecule has 0 saturated heterocycles. The van der Waals surface area contributed by atoms with Crippen LogP contribution < -0.4 is 0 Å². The Morgan fingerprint density at radius 3 is 1.71 bits per heavy atom. The molecule has 0 aromatic rings. The standard InChI is InChI=1S/C2H3NO.C2H6O/c3-1-2-4;1-2-3/h4H,2H2;3H,2H2,1H3. The monoisotopic (exact) mass is 103 g/mol. The summed E-state index contributed by atoms with van der Waals surface area (Å²) in [4.78, 5) is 0. The van der Waals surface area contributed by atoms with Gasteiger partial charge in [0, 0.05) is 6.61 Å². The zero-order valence-corrected chi connectivity index (χ0v) is 4.26. The lowest BCUT2D eigenvalue weighted by Gasteiger charge is -1.52. The molecular weight excluding hydrogens is 94.0 g/mol. The van der Waals surface area contributed by atoms with Crippen molar-refractivity contribution in [3.63, 3.8) is 0 Å². The van der Waals surface area contributed by atoms with Crippen LogP contribution in [0.1, 0.15) is 6.92 Å². The van der Waals surface area contributed by atoms with Crippen molar-refractivity contribution < 1.29 is 10.2 Å². The minimum absolute atomic E-state index is 0.250. The van der Waals surface area contributed by atoms with E-state index in [2.05, 4.69) is 0 Å². The van der Waals surface area contributed by atoms with E-state index in [0.717, 1.165) is 0 Å². The van der Waals surface area contributed by atoms with Gasteiger partial charge in [-0.25, -0.2) is 0 Å². The Bertz CT molecular complexity index is 48.1. The first-order valence-corrected chi connectivity index (χ1v) is 1.92. The lowest BCUT2D eigenvalue weighted by atomic mass is 10.9. The van der Waals surface area contributed by atoms with E-state index in [1.54, 1.807) is 6.92 Å². The van der Waals surface area contributed by atoms with Gasteiger partial charge in [0.2, 0.25) is 0 Å². The summed E-state index contributed by atoms with van der Waals surface area (Å²) in [6, 6.07) is 1.49. The molecule has 0 aromatic carbocycles. The van der Waals surface area contributed by atoms with E-state index in [0.29, 0.717) is 0 Å². The summed E-state index contributed by atoms with van der Waals surface area (Å²) >= 11 is 0. The Morgan fingerprint density at radius 2 is 1.71 bits per heavy atom. The summed E-state index contributed by atoms with van der Waals surface area (Å²) in [5.41, 5.74) is 0. The van der Waals surface area contributed by atoms with E-state index in [9.17, 15) is 0 Å². The maximum Gasteiger partial charge on any atom is 0.130 e. The Morgan fingerprint density at radius 1 is 1.57 bits per heavy atom. The van der Waals surface area contributed by atoms with E-state index in [-0.39, 0.29) is 13.2 Å². The summed E-state index contributed by atoms with van der Waals surface area (Å²) in [5.74, 6) is 0. The maximum atomic E-state index is 7.57. The second kappa shape index (κ2) is 18.1. The average Bonchev–Trinajstić information content (AvgIpc) is 1.69. The van der Waals surface area contributed by atoms with Crippen molar-refractivity contribution in [2.75, 3.05) is 13.2 Å². The molecule has 0 saturated carbocycles. The van der Waals surface area contributed by atoms with Crippen molar-refractivity contribution >= 4 is 0 Å². The number of aliphatic hydroxyl groups excluding tert-OH is 2. The number of rotatable bonds is 0. The number of nitrogens with zero attached hydrogens (tertiary/aromatic N) is 1. The third kappa shape index (κ3) is 374. The van der Waals surface area contributed by atoms with E-state index in [4.69, 9.17) is 15.5 Å². The first-order chi connectivity index (χ1) is 3.33. The molecule has 0 unspecified atom stereocenters. The predicted octanol–water partition coefficient (Wildman–Crippen LogP) is -0.499. The third-order valence-electron chi connectivity index (χ3n) is 0.0707. The fourth-order valence-corrected chi connectivity index (χ4v) is 0. The van der Waals surface area contributed by atoms with Crippen molar-refractivity contribution in [1.82, 2.24) is 0 Å². The molecule has 0 bridgehead atoms. The maximum absolute atomic E-state index is 7.57. The van der Waals surface area contributed by atoms with Crippen LogP contribution in [0.5, 0.6) is 0 Å². The lowest BCUT2D eigenvalue weighted by molar-refractivity contribution is 0.318. The fourth-order valence-electron chi connectivity index (χ4n) is 0. The first-order valence-electron chi connectivity index (χ1n) is 1.92. The van der Waals surface area contributed by atoms with E-state index >= 15 is 0 Å². The van der Waals surface area contributed by atoms with E-state index in [1.165, 1.54) is 6.07 Å². The molecule has 2 N–H and O–H groups in total. The summed E-state index contributed by atoms with van der Waals surface area (Å²) in [6.07, 6.45) is 0. The molecule has 0 fully saturated rings. The highest BCUT2D eigenvalue weighted by atomic mass is 16.3. The summed E-state index contributed by atoms with van der Waals surface area (Å²) in [5, 5.41) is 22.5. The summed E-state index contributed by atoms with van der Waals surface area (Å²) in [7, 11) is 0. The Hall–Kier alpha value is -0.590. The van der Waals surface area contributed by atoms with Crippen LogP contribution in [-0.4, -0.2) is 23.4 Å². The van der Waals surface area contributed by atoms with Gasteiger partial charge in [0.1, 0.15) is 6.61 Å². The zero-order chi connectivity index (χ0) is 6.12. The van der Waals surface area contributed by atoms with Gasteiger partial charge >= 0.3 is 0 Å². The van der Waals surface area contributed by atoms with Gasteiger partial charge in [-0.3, -0.25) is 0 Å². The highest BCUT2D eigenvalue weighted by molar-refractivity contribution is 4.63. The molecule has 0 aliphatic carbocycles. The minimum Gasteiger partial charge on any atom is -0.397 e. The quantitative estimate of drug-likeness (QED) is 0.406. The average molecular weight is 103 g/mol. The Labute approximate surface area is 42.8 Å². The summed E-state index contributed by atoms with van der Waals surface area (Å²) in [6.45, 7) is 1.56. The molecule has 0 rings (SSSR count). The molecule has 3 nitrogen and oxygen atoms in total. The highest BCUT2D eigenvalue weighted by Crippen LogP contribution is 1.34. The third-order valence-corrected chi connectivity index (χ3v) is 0.0707. The Kier molecular flexibility index (Phi) is 25.0. The van der Waals surface area contributed by atoms with Gasteiger partial charge in [-0.2, -0.15) is 5.26 Å². The normalized spacial score (nSPS) is 5.43. The Balaban J connectivity index is 0. The van der Waals surface area contributed by atoms with Crippen LogP contribution in [0.25, 0.3) is 0 Å². The van der Waals surface area contributed by atoms with Gasteiger partial charge in [-0.1, -0.05) is 0 Å². The van der Waals surface area contributed by atoms with Gasteiger partial charge in [0.15, 0.2) is 0 Å². The topological polar surface area (TPSA) is 64.2 Å². The second-order valence-corrected chi connectivity index (χ2v) is 0.632. The number of hydrogen-bond acceptors (Lipinski definition) is 3. The van der Waals surface area contributed by atoms with Crippen LogP contribution in [-0.2, 0) is 0 Å². The molecule has 42 valence electrons. The molecule has 0 aliphatic rings. The lowest BCUT2D eigenvalue weighted by Crippen LogP contribution is -1.64. The molecule has 0 aromatic heterocycles. The van der Waals surface area contributed by atoms with Crippen molar-refractivity contribution in [3.05, 3.63) is 0 Å². The van der Waals surface area contributed by atoms with Crippen molar-refractivity contribution in [3.8, 4) is 6.07 Å². The van der Waals surface area contributed by atoms with Crippen molar-refractivity contribution in [2.24, 2.45) is 0 Å². The van der Waals surface area contributed by atoms with Gasteiger partial charge in [0.05, 0.1) is 6.07 Å². The van der Waals surface area contributed by atoms with Crippen molar-refractivity contribution in [1.29, 1.82) is 5.26 Å².